The molecule has 0 amide bonds. The average Bonchev–Trinajstić information content (AvgIpc) is 3.25. The van der Waals surface area contributed by atoms with Crippen molar-refractivity contribution in [3.8, 4) is 11.6 Å². The molecule has 2 aromatic heterocycles. The number of hydrogen-bond donors (Lipinski definition) is 0. The Morgan fingerprint density at radius 2 is 1.85 bits per heavy atom. The van der Waals surface area contributed by atoms with Crippen LogP contribution in [0.2, 0.25) is 0 Å². The van der Waals surface area contributed by atoms with Gasteiger partial charge in [-0.1, -0.05) is 48.5 Å². The first-order chi connectivity index (χ1) is 12.7. The lowest BCUT2D eigenvalue weighted by atomic mass is 10.2. The molecule has 0 saturated heterocycles. The second kappa shape index (κ2) is 6.84. The van der Waals surface area contributed by atoms with Crippen LogP contribution in [0, 0.1) is 6.92 Å². The van der Waals surface area contributed by atoms with Crippen LogP contribution < -0.4 is 0 Å². The lowest BCUT2D eigenvalue weighted by Gasteiger charge is -2.09. The topological polar surface area (TPSA) is 70.2 Å². The number of esters is 1. The van der Waals surface area contributed by atoms with Crippen LogP contribution >= 0.6 is 0 Å². The predicted octanol–water partition coefficient (Wildman–Crippen LogP) is 3.74. The zero-order valence-corrected chi connectivity index (χ0v) is 14.3. The molecule has 0 atom stereocenters. The molecular weight excluding hydrogens is 330 g/mol. The fraction of sp³-hybridized carbons (Fsp3) is 0.150. The van der Waals surface area contributed by atoms with E-state index >= 15 is 0 Å². The van der Waals surface area contributed by atoms with Crippen LogP contribution in [-0.2, 0) is 22.7 Å². The number of aryl methyl sites for hydroxylation is 1. The summed E-state index contributed by atoms with van der Waals surface area (Å²) in [4.78, 5) is 12.4. The van der Waals surface area contributed by atoms with Crippen molar-refractivity contribution in [2.24, 2.45) is 0 Å². The minimum absolute atomic E-state index is 0.0666. The maximum atomic E-state index is 12.4. The maximum Gasteiger partial charge on any atom is 0.326 e. The van der Waals surface area contributed by atoms with Crippen molar-refractivity contribution >= 4 is 16.9 Å². The van der Waals surface area contributed by atoms with Crippen molar-refractivity contribution in [3.05, 3.63) is 72.1 Å². The standard InChI is InChI=1S/C20H17N3O3/c1-14-21-22-20(26-14)18-11-16-9-5-6-10-17(16)23(18)12-19(24)25-13-15-7-3-2-4-8-15/h2-11H,12-13H2,1H3. The van der Waals surface area contributed by atoms with Crippen LogP contribution in [0.5, 0.6) is 0 Å². The van der Waals surface area contributed by atoms with E-state index in [9.17, 15) is 4.79 Å². The Bertz CT molecular complexity index is 1050. The number of carbonyl (C=O) groups excluding carboxylic acids is 1. The molecule has 0 aliphatic rings. The van der Waals surface area contributed by atoms with Crippen LogP contribution in [-0.4, -0.2) is 20.7 Å². The van der Waals surface area contributed by atoms with Crippen LogP contribution in [0.1, 0.15) is 11.5 Å². The number of nitrogens with zero attached hydrogens (tertiary/aromatic N) is 3. The van der Waals surface area contributed by atoms with Crippen molar-refractivity contribution in [1.29, 1.82) is 0 Å². The van der Waals surface area contributed by atoms with E-state index in [-0.39, 0.29) is 19.1 Å². The van der Waals surface area contributed by atoms with Gasteiger partial charge in [-0.2, -0.15) is 0 Å². The highest BCUT2D eigenvalue weighted by atomic mass is 16.5. The Hall–Kier alpha value is -3.41. The van der Waals surface area contributed by atoms with Gasteiger partial charge in [0.15, 0.2) is 0 Å². The van der Waals surface area contributed by atoms with Crippen molar-refractivity contribution in [2.75, 3.05) is 0 Å². The quantitative estimate of drug-likeness (QED) is 0.514. The van der Waals surface area contributed by atoms with E-state index in [0.29, 0.717) is 17.5 Å². The van der Waals surface area contributed by atoms with E-state index < -0.39 is 0 Å². The number of aromatic nitrogens is 3. The molecule has 6 nitrogen and oxygen atoms in total. The molecule has 6 heteroatoms. The number of fused-ring (bicyclic) bond motifs is 1. The highest BCUT2D eigenvalue weighted by molar-refractivity contribution is 5.87. The number of hydrogen-bond acceptors (Lipinski definition) is 5. The van der Waals surface area contributed by atoms with Crippen molar-refractivity contribution < 1.29 is 13.9 Å². The number of rotatable bonds is 5. The molecule has 0 unspecified atom stereocenters. The fourth-order valence-electron chi connectivity index (χ4n) is 2.87. The first-order valence-corrected chi connectivity index (χ1v) is 8.29. The summed E-state index contributed by atoms with van der Waals surface area (Å²) in [5.41, 5.74) is 2.56. The van der Waals surface area contributed by atoms with Gasteiger partial charge in [-0.25, -0.2) is 0 Å². The first-order valence-electron chi connectivity index (χ1n) is 8.29. The van der Waals surface area contributed by atoms with Gasteiger partial charge in [-0.3, -0.25) is 4.79 Å². The third-order valence-electron chi connectivity index (χ3n) is 4.09. The SMILES string of the molecule is Cc1nnc(-c2cc3ccccc3n2CC(=O)OCc2ccccc2)o1. The Labute approximate surface area is 150 Å². The molecule has 2 aromatic carbocycles. The maximum absolute atomic E-state index is 12.4. The Kier molecular flexibility index (Phi) is 4.23. The molecule has 0 aliphatic carbocycles. The fourth-order valence-corrected chi connectivity index (χ4v) is 2.87. The van der Waals surface area contributed by atoms with Crippen LogP contribution in [0.25, 0.3) is 22.5 Å². The van der Waals surface area contributed by atoms with Gasteiger partial charge in [0.05, 0.1) is 0 Å². The Morgan fingerprint density at radius 3 is 2.62 bits per heavy atom. The molecule has 0 spiro atoms. The van der Waals surface area contributed by atoms with Gasteiger partial charge < -0.3 is 13.7 Å². The molecule has 0 radical (unpaired) electrons. The van der Waals surface area contributed by atoms with E-state index in [4.69, 9.17) is 9.15 Å². The number of benzene rings is 2. The molecule has 0 aliphatic heterocycles. The summed E-state index contributed by atoms with van der Waals surface area (Å²) in [6.45, 7) is 2.04. The van der Waals surface area contributed by atoms with E-state index in [1.807, 2.05) is 65.2 Å². The van der Waals surface area contributed by atoms with E-state index in [0.717, 1.165) is 16.5 Å². The van der Waals surface area contributed by atoms with Crippen LogP contribution in [0.3, 0.4) is 0 Å². The molecule has 0 bridgehead atoms. The minimum Gasteiger partial charge on any atom is -0.459 e. The summed E-state index contributed by atoms with van der Waals surface area (Å²) in [6, 6.07) is 19.3. The lowest BCUT2D eigenvalue weighted by molar-refractivity contribution is -0.145. The molecule has 4 rings (SSSR count). The number of ether oxygens (including phenoxy) is 1. The van der Waals surface area contributed by atoms with Crippen molar-refractivity contribution in [1.82, 2.24) is 14.8 Å². The summed E-state index contributed by atoms with van der Waals surface area (Å²) in [7, 11) is 0. The molecular formula is C20H17N3O3. The zero-order valence-electron chi connectivity index (χ0n) is 14.3. The van der Waals surface area contributed by atoms with Gasteiger partial charge in [0, 0.05) is 17.8 Å². The van der Waals surface area contributed by atoms with Gasteiger partial charge >= 0.3 is 5.97 Å². The zero-order chi connectivity index (χ0) is 17.9. The van der Waals surface area contributed by atoms with Crippen LogP contribution in [0.4, 0.5) is 0 Å². The van der Waals surface area contributed by atoms with Gasteiger partial charge in [0.25, 0.3) is 5.89 Å². The summed E-state index contributed by atoms with van der Waals surface area (Å²) >= 11 is 0. The molecule has 130 valence electrons. The first kappa shape index (κ1) is 16.1. The van der Waals surface area contributed by atoms with Crippen molar-refractivity contribution in [2.45, 2.75) is 20.1 Å². The number of carbonyl (C=O) groups is 1. The van der Waals surface area contributed by atoms with Gasteiger partial charge in [-0.15, -0.1) is 10.2 Å². The van der Waals surface area contributed by atoms with Gasteiger partial charge in [0.2, 0.25) is 5.89 Å². The second-order valence-electron chi connectivity index (χ2n) is 5.95. The van der Waals surface area contributed by atoms with E-state index in [2.05, 4.69) is 10.2 Å². The molecule has 0 N–H and O–H groups in total. The third-order valence-corrected chi connectivity index (χ3v) is 4.09. The molecule has 2 heterocycles. The lowest BCUT2D eigenvalue weighted by Crippen LogP contribution is -2.14. The number of para-hydroxylation sites is 1. The van der Waals surface area contributed by atoms with E-state index in [1.54, 1.807) is 6.92 Å². The highest BCUT2D eigenvalue weighted by Crippen LogP contribution is 2.27. The Balaban J connectivity index is 1.61. The molecule has 4 aromatic rings. The molecule has 26 heavy (non-hydrogen) atoms. The van der Waals surface area contributed by atoms with E-state index in [1.165, 1.54) is 0 Å². The van der Waals surface area contributed by atoms with Crippen molar-refractivity contribution in [3.63, 3.8) is 0 Å². The smallest absolute Gasteiger partial charge is 0.326 e. The van der Waals surface area contributed by atoms with Gasteiger partial charge in [0.1, 0.15) is 18.8 Å². The van der Waals surface area contributed by atoms with Gasteiger partial charge in [-0.05, 0) is 17.7 Å². The summed E-state index contributed by atoms with van der Waals surface area (Å²) in [6.07, 6.45) is 0. The highest BCUT2D eigenvalue weighted by Gasteiger charge is 2.18. The van der Waals surface area contributed by atoms with Crippen LogP contribution in [0.15, 0.2) is 65.1 Å². The molecule has 0 fully saturated rings. The predicted molar refractivity (Wildman–Crippen MR) is 96.2 cm³/mol. The minimum atomic E-state index is -0.326. The summed E-state index contributed by atoms with van der Waals surface area (Å²) in [5, 5.41) is 8.96. The molecule has 0 saturated carbocycles. The normalized spacial score (nSPS) is 11.0. The summed E-state index contributed by atoms with van der Waals surface area (Å²) in [5.74, 6) is 0.533. The Morgan fingerprint density at radius 1 is 1.08 bits per heavy atom. The summed E-state index contributed by atoms with van der Waals surface area (Å²) < 4.78 is 12.8. The second-order valence-corrected chi connectivity index (χ2v) is 5.95. The monoisotopic (exact) mass is 347 g/mol. The average molecular weight is 347 g/mol. The third kappa shape index (κ3) is 3.21. The largest absolute Gasteiger partial charge is 0.459 e.